The van der Waals surface area contributed by atoms with Crippen LogP contribution in [0, 0.1) is 12.7 Å². The summed E-state index contributed by atoms with van der Waals surface area (Å²) in [7, 11) is 1.61. The van der Waals surface area contributed by atoms with E-state index in [0.29, 0.717) is 16.7 Å². The Morgan fingerprint density at radius 1 is 1.19 bits per heavy atom. The van der Waals surface area contributed by atoms with Crippen molar-refractivity contribution in [1.82, 2.24) is 14.7 Å². The fraction of sp³-hybridized carbons (Fsp3) is 0.136. The molecule has 4 rings (SSSR count). The van der Waals surface area contributed by atoms with E-state index in [2.05, 4.69) is 15.5 Å². The Bertz CT molecular complexity index is 1190. The standard InChI is InChI=1S/C22H19FN4O3S/c1-14-11-20(26-30-14)25-21(28)13-31-22-24-12-19(15-3-9-18(29-2)10-4-15)27(22)17-7-5-16(23)6-8-17/h3-12H,13H2,1-2H3,(H,25,26,28). The average molecular weight is 438 g/mol. The lowest BCUT2D eigenvalue weighted by atomic mass is 10.1. The van der Waals surface area contributed by atoms with Crippen molar-refractivity contribution < 1.29 is 18.4 Å². The molecule has 1 N–H and O–H groups in total. The van der Waals surface area contributed by atoms with Crippen LogP contribution in [0.25, 0.3) is 16.9 Å². The zero-order chi connectivity index (χ0) is 21.8. The second-order valence-corrected chi connectivity index (χ2v) is 7.57. The second-order valence-electron chi connectivity index (χ2n) is 6.63. The molecule has 158 valence electrons. The summed E-state index contributed by atoms with van der Waals surface area (Å²) in [4.78, 5) is 16.8. The molecule has 2 heterocycles. The summed E-state index contributed by atoms with van der Waals surface area (Å²) in [5.74, 6) is 1.27. The monoisotopic (exact) mass is 438 g/mol. The topological polar surface area (TPSA) is 82.2 Å². The first kappa shape index (κ1) is 20.7. The first-order valence-corrected chi connectivity index (χ1v) is 10.4. The quantitative estimate of drug-likeness (QED) is 0.421. The molecule has 0 atom stereocenters. The van der Waals surface area contributed by atoms with Crippen molar-refractivity contribution in [3.63, 3.8) is 0 Å². The summed E-state index contributed by atoms with van der Waals surface area (Å²) >= 11 is 1.27. The van der Waals surface area contributed by atoms with Crippen molar-refractivity contribution in [3.8, 4) is 22.7 Å². The van der Waals surface area contributed by atoms with Crippen LogP contribution in [-0.2, 0) is 4.79 Å². The number of carbonyl (C=O) groups excluding carboxylic acids is 1. The van der Waals surface area contributed by atoms with E-state index >= 15 is 0 Å². The van der Waals surface area contributed by atoms with Crippen molar-refractivity contribution in [3.05, 3.63) is 72.4 Å². The van der Waals surface area contributed by atoms with Crippen LogP contribution < -0.4 is 10.1 Å². The lowest BCUT2D eigenvalue weighted by Gasteiger charge is -2.12. The molecule has 0 radical (unpaired) electrons. The Kier molecular flexibility index (Phi) is 6.03. The summed E-state index contributed by atoms with van der Waals surface area (Å²) in [6.45, 7) is 1.75. The van der Waals surface area contributed by atoms with Crippen LogP contribution in [-0.4, -0.2) is 33.5 Å². The Hall–Kier alpha value is -3.59. The number of ether oxygens (including phenoxy) is 1. The first-order valence-electron chi connectivity index (χ1n) is 9.37. The lowest BCUT2D eigenvalue weighted by molar-refractivity contribution is -0.113. The van der Waals surface area contributed by atoms with Gasteiger partial charge >= 0.3 is 0 Å². The Balaban J connectivity index is 1.61. The van der Waals surface area contributed by atoms with Gasteiger partial charge in [-0.25, -0.2) is 9.37 Å². The number of carbonyl (C=O) groups is 1. The molecule has 0 spiro atoms. The maximum absolute atomic E-state index is 13.5. The Morgan fingerprint density at radius 3 is 2.58 bits per heavy atom. The highest BCUT2D eigenvalue weighted by Crippen LogP contribution is 2.31. The summed E-state index contributed by atoms with van der Waals surface area (Å²) in [5.41, 5.74) is 2.45. The Labute approximate surface area is 182 Å². The van der Waals surface area contributed by atoms with Crippen molar-refractivity contribution in [1.29, 1.82) is 0 Å². The summed E-state index contributed by atoms with van der Waals surface area (Å²) < 4.78 is 25.6. The second kappa shape index (κ2) is 9.05. The maximum Gasteiger partial charge on any atom is 0.236 e. The number of hydrogen-bond acceptors (Lipinski definition) is 6. The molecule has 31 heavy (non-hydrogen) atoms. The molecular weight excluding hydrogens is 419 g/mol. The largest absolute Gasteiger partial charge is 0.497 e. The number of benzene rings is 2. The van der Waals surface area contributed by atoms with Gasteiger partial charge in [0.25, 0.3) is 0 Å². The van der Waals surface area contributed by atoms with E-state index in [1.165, 1.54) is 23.9 Å². The van der Waals surface area contributed by atoms with Crippen LogP contribution >= 0.6 is 11.8 Å². The maximum atomic E-state index is 13.5. The molecule has 0 saturated heterocycles. The number of anilines is 1. The number of aromatic nitrogens is 3. The number of imidazole rings is 1. The minimum absolute atomic E-state index is 0.117. The molecule has 0 bridgehead atoms. The van der Waals surface area contributed by atoms with E-state index in [1.54, 1.807) is 38.4 Å². The van der Waals surface area contributed by atoms with Crippen LogP contribution in [0.15, 0.2) is 70.5 Å². The smallest absolute Gasteiger partial charge is 0.236 e. The van der Waals surface area contributed by atoms with Gasteiger partial charge in [0.15, 0.2) is 11.0 Å². The van der Waals surface area contributed by atoms with Crippen LogP contribution in [0.4, 0.5) is 10.2 Å². The number of thioether (sulfide) groups is 1. The third-order valence-corrected chi connectivity index (χ3v) is 5.38. The molecule has 1 amide bonds. The van der Waals surface area contributed by atoms with Crippen LogP contribution in [0.5, 0.6) is 5.75 Å². The molecule has 2 aromatic heterocycles. The SMILES string of the molecule is COc1ccc(-c2cnc(SCC(=O)Nc3cc(C)on3)n2-c2ccc(F)cc2)cc1. The fourth-order valence-corrected chi connectivity index (χ4v) is 3.77. The summed E-state index contributed by atoms with van der Waals surface area (Å²) in [6, 6.07) is 15.3. The first-order chi connectivity index (χ1) is 15.0. The van der Waals surface area contributed by atoms with Crippen molar-refractivity contribution in [2.75, 3.05) is 18.2 Å². The lowest BCUT2D eigenvalue weighted by Crippen LogP contribution is -2.14. The van der Waals surface area contributed by atoms with Gasteiger partial charge < -0.3 is 14.6 Å². The number of hydrogen-bond donors (Lipinski definition) is 1. The number of methoxy groups -OCH3 is 1. The number of aryl methyl sites for hydroxylation is 1. The van der Waals surface area contributed by atoms with E-state index in [0.717, 1.165) is 22.7 Å². The molecule has 0 aliphatic heterocycles. The van der Waals surface area contributed by atoms with Crippen LogP contribution in [0.1, 0.15) is 5.76 Å². The van der Waals surface area contributed by atoms with Crippen molar-refractivity contribution >= 4 is 23.5 Å². The van der Waals surface area contributed by atoms with E-state index in [9.17, 15) is 9.18 Å². The molecule has 0 saturated carbocycles. The Morgan fingerprint density at radius 2 is 1.94 bits per heavy atom. The number of amides is 1. The van der Waals surface area contributed by atoms with Gasteiger partial charge in [0.2, 0.25) is 5.91 Å². The number of halogens is 1. The van der Waals surface area contributed by atoms with Crippen molar-refractivity contribution in [2.45, 2.75) is 12.1 Å². The van der Waals surface area contributed by atoms with Gasteiger partial charge in [0, 0.05) is 17.3 Å². The van der Waals surface area contributed by atoms with E-state index in [-0.39, 0.29) is 17.5 Å². The fourth-order valence-electron chi connectivity index (χ4n) is 2.98. The average Bonchev–Trinajstić information content (AvgIpc) is 3.39. The summed E-state index contributed by atoms with van der Waals surface area (Å²) in [6.07, 6.45) is 1.73. The van der Waals surface area contributed by atoms with Gasteiger partial charge in [-0.15, -0.1) is 0 Å². The van der Waals surface area contributed by atoms with E-state index in [4.69, 9.17) is 9.26 Å². The molecule has 4 aromatic rings. The molecule has 7 nitrogen and oxygen atoms in total. The minimum atomic E-state index is -0.327. The number of nitrogens with one attached hydrogen (secondary N) is 1. The highest BCUT2D eigenvalue weighted by Gasteiger charge is 2.16. The molecule has 9 heteroatoms. The third-order valence-electron chi connectivity index (χ3n) is 4.43. The number of rotatable bonds is 7. The van der Waals surface area contributed by atoms with Gasteiger partial charge in [0.1, 0.15) is 17.3 Å². The van der Waals surface area contributed by atoms with E-state index in [1.807, 2.05) is 28.8 Å². The molecule has 0 fully saturated rings. The molecule has 0 aliphatic rings. The zero-order valence-electron chi connectivity index (χ0n) is 16.8. The highest BCUT2D eigenvalue weighted by atomic mass is 32.2. The number of nitrogens with zero attached hydrogens (tertiary/aromatic N) is 3. The molecule has 0 aliphatic carbocycles. The third kappa shape index (κ3) is 4.77. The molecular formula is C22H19FN4O3S. The predicted octanol–water partition coefficient (Wildman–Crippen LogP) is 4.71. The highest BCUT2D eigenvalue weighted by molar-refractivity contribution is 7.99. The van der Waals surface area contributed by atoms with Gasteiger partial charge in [-0.2, -0.15) is 0 Å². The molecule has 2 aromatic carbocycles. The molecule has 0 unspecified atom stereocenters. The zero-order valence-corrected chi connectivity index (χ0v) is 17.6. The van der Waals surface area contributed by atoms with Crippen LogP contribution in [0.2, 0.25) is 0 Å². The van der Waals surface area contributed by atoms with Gasteiger partial charge in [-0.05, 0) is 55.5 Å². The van der Waals surface area contributed by atoms with Crippen molar-refractivity contribution in [2.24, 2.45) is 0 Å². The van der Waals surface area contributed by atoms with Gasteiger partial charge in [-0.1, -0.05) is 16.9 Å². The van der Waals surface area contributed by atoms with Gasteiger partial charge in [0.05, 0.1) is 24.8 Å². The minimum Gasteiger partial charge on any atom is -0.497 e. The van der Waals surface area contributed by atoms with Crippen LogP contribution in [0.3, 0.4) is 0 Å². The summed E-state index contributed by atoms with van der Waals surface area (Å²) in [5, 5.41) is 7.05. The van der Waals surface area contributed by atoms with E-state index < -0.39 is 0 Å². The predicted molar refractivity (Wildman–Crippen MR) is 116 cm³/mol. The van der Waals surface area contributed by atoms with Gasteiger partial charge in [-0.3, -0.25) is 9.36 Å². The normalized spacial score (nSPS) is 10.8.